The van der Waals surface area contributed by atoms with Crippen LogP contribution in [-0.2, 0) is 4.79 Å². The Balaban J connectivity index is 1.43. The highest BCUT2D eigenvalue weighted by molar-refractivity contribution is 5.95. The topological polar surface area (TPSA) is 62.3 Å². The van der Waals surface area contributed by atoms with Gasteiger partial charge in [-0.2, -0.15) is 0 Å². The number of aromatic nitrogens is 1. The van der Waals surface area contributed by atoms with Gasteiger partial charge < -0.3 is 10.2 Å². The number of benzene rings is 2. The fraction of sp³-hybridized carbons (Fsp3) is 0.240. The fourth-order valence-corrected chi connectivity index (χ4v) is 3.86. The van der Waals surface area contributed by atoms with E-state index in [-0.39, 0.29) is 23.5 Å². The van der Waals surface area contributed by atoms with Crippen LogP contribution in [0.4, 0.5) is 10.1 Å². The van der Waals surface area contributed by atoms with Crippen molar-refractivity contribution in [3.05, 3.63) is 83.9 Å². The third-order valence-electron chi connectivity index (χ3n) is 5.49. The van der Waals surface area contributed by atoms with E-state index in [0.717, 1.165) is 29.7 Å². The van der Waals surface area contributed by atoms with Crippen molar-refractivity contribution in [2.75, 3.05) is 18.4 Å². The lowest BCUT2D eigenvalue weighted by atomic mass is 9.96. The van der Waals surface area contributed by atoms with Crippen LogP contribution in [0.3, 0.4) is 0 Å². The molecule has 2 heterocycles. The lowest BCUT2D eigenvalue weighted by molar-refractivity contribution is -0.121. The molecule has 0 radical (unpaired) electrons. The second kappa shape index (κ2) is 9.08. The third kappa shape index (κ3) is 4.97. The molecule has 2 aromatic carbocycles. The summed E-state index contributed by atoms with van der Waals surface area (Å²) in [6, 6.07) is 19.1. The number of pyridine rings is 1. The molecule has 2 amide bonds. The standard InChI is InChI=1S/C25H24FN3O2/c1-17-5-2-9-23(27-17)25(31)29-14-4-7-20(16-29)24(30)28-22-8-3-6-19(15-22)18-10-12-21(26)13-11-18/h2-3,5-6,8-13,15,20H,4,7,14,16H2,1H3,(H,28,30)/t20-/m1/s1. The van der Waals surface area contributed by atoms with Crippen LogP contribution in [0.15, 0.2) is 66.7 Å². The monoisotopic (exact) mass is 417 g/mol. The minimum atomic E-state index is -0.287. The Kier molecular flexibility index (Phi) is 6.07. The molecule has 1 aliphatic heterocycles. The largest absolute Gasteiger partial charge is 0.337 e. The second-order valence-corrected chi connectivity index (χ2v) is 7.83. The van der Waals surface area contributed by atoms with Crippen molar-refractivity contribution in [3.63, 3.8) is 0 Å². The van der Waals surface area contributed by atoms with Crippen LogP contribution >= 0.6 is 0 Å². The van der Waals surface area contributed by atoms with Crippen LogP contribution in [0.5, 0.6) is 0 Å². The van der Waals surface area contributed by atoms with Crippen molar-refractivity contribution >= 4 is 17.5 Å². The maximum absolute atomic E-state index is 13.2. The summed E-state index contributed by atoms with van der Waals surface area (Å²) in [6.07, 6.45) is 1.50. The molecule has 0 saturated carbocycles. The molecular weight excluding hydrogens is 393 g/mol. The Morgan fingerprint density at radius 2 is 1.81 bits per heavy atom. The first-order valence-electron chi connectivity index (χ1n) is 10.4. The first-order chi connectivity index (χ1) is 15.0. The highest BCUT2D eigenvalue weighted by Crippen LogP contribution is 2.25. The number of piperidine rings is 1. The number of hydrogen-bond acceptors (Lipinski definition) is 3. The predicted octanol–water partition coefficient (Wildman–Crippen LogP) is 4.69. The van der Waals surface area contributed by atoms with Crippen molar-refractivity contribution in [1.82, 2.24) is 9.88 Å². The Morgan fingerprint density at radius 1 is 1.03 bits per heavy atom. The van der Waals surface area contributed by atoms with Gasteiger partial charge in [0, 0.05) is 24.5 Å². The first kappa shape index (κ1) is 20.7. The maximum Gasteiger partial charge on any atom is 0.272 e. The van der Waals surface area contributed by atoms with Gasteiger partial charge in [0.25, 0.3) is 5.91 Å². The predicted molar refractivity (Wildman–Crippen MR) is 118 cm³/mol. The van der Waals surface area contributed by atoms with E-state index in [2.05, 4.69) is 10.3 Å². The number of amides is 2. The number of anilines is 1. The van der Waals surface area contributed by atoms with Crippen LogP contribution in [0.2, 0.25) is 0 Å². The normalized spacial score (nSPS) is 16.1. The zero-order chi connectivity index (χ0) is 21.8. The number of aryl methyl sites for hydroxylation is 1. The number of nitrogens with zero attached hydrogens (tertiary/aromatic N) is 2. The zero-order valence-corrected chi connectivity index (χ0v) is 17.3. The SMILES string of the molecule is Cc1cccc(C(=O)N2CCC[C@@H](C(=O)Nc3cccc(-c4ccc(F)cc4)c3)C2)n1. The molecule has 1 N–H and O–H groups in total. The van der Waals surface area contributed by atoms with Crippen molar-refractivity contribution in [2.24, 2.45) is 5.92 Å². The number of likely N-dealkylation sites (tertiary alicyclic amines) is 1. The second-order valence-electron chi connectivity index (χ2n) is 7.83. The number of carbonyl (C=O) groups excluding carboxylic acids is 2. The van der Waals surface area contributed by atoms with E-state index in [1.54, 1.807) is 23.1 Å². The van der Waals surface area contributed by atoms with Crippen molar-refractivity contribution in [3.8, 4) is 11.1 Å². The van der Waals surface area contributed by atoms with Crippen molar-refractivity contribution in [2.45, 2.75) is 19.8 Å². The highest BCUT2D eigenvalue weighted by Gasteiger charge is 2.29. The zero-order valence-electron chi connectivity index (χ0n) is 17.3. The first-order valence-corrected chi connectivity index (χ1v) is 10.4. The molecule has 5 nitrogen and oxygen atoms in total. The summed E-state index contributed by atoms with van der Waals surface area (Å²) in [6.45, 7) is 2.85. The summed E-state index contributed by atoms with van der Waals surface area (Å²) in [7, 11) is 0. The molecule has 31 heavy (non-hydrogen) atoms. The van der Waals surface area contributed by atoms with Gasteiger partial charge in [-0.1, -0.05) is 30.3 Å². The molecule has 0 spiro atoms. The fourth-order valence-electron chi connectivity index (χ4n) is 3.86. The van der Waals surface area contributed by atoms with Gasteiger partial charge in [-0.25, -0.2) is 9.37 Å². The van der Waals surface area contributed by atoms with Crippen molar-refractivity contribution in [1.29, 1.82) is 0 Å². The summed E-state index contributed by atoms with van der Waals surface area (Å²) >= 11 is 0. The van der Waals surface area contributed by atoms with E-state index in [0.29, 0.717) is 24.5 Å². The van der Waals surface area contributed by atoms with Crippen LogP contribution in [0.25, 0.3) is 11.1 Å². The van der Waals surface area contributed by atoms with E-state index in [1.165, 1.54) is 12.1 Å². The summed E-state index contributed by atoms with van der Waals surface area (Å²) in [4.78, 5) is 31.7. The van der Waals surface area contributed by atoms with E-state index >= 15 is 0 Å². The summed E-state index contributed by atoms with van der Waals surface area (Å²) in [5.74, 6) is -0.812. The van der Waals surface area contributed by atoms with Crippen LogP contribution in [0, 0.1) is 18.7 Å². The van der Waals surface area contributed by atoms with E-state index in [9.17, 15) is 14.0 Å². The molecule has 4 rings (SSSR count). The van der Waals surface area contributed by atoms with Gasteiger partial charge in [0.2, 0.25) is 5.91 Å². The summed E-state index contributed by atoms with van der Waals surface area (Å²) < 4.78 is 13.2. The molecule has 6 heteroatoms. The smallest absolute Gasteiger partial charge is 0.272 e. The summed E-state index contributed by atoms with van der Waals surface area (Å²) in [5, 5.41) is 2.97. The van der Waals surface area contributed by atoms with Crippen LogP contribution in [0.1, 0.15) is 29.0 Å². The maximum atomic E-state index is 13.2. The van der Waals surface area contributed by atoms with Crippen LogP contribution < -0.4 is 5.32 Å². The molecule has 0 bridgehead atoms. The Morgan fingerprint density at radius 3 is 2.58 bits per heavy atom. The Bertz CT molecular complexity index is 1100. The van der Waals surface area contributed by atoms with Gasteiger partial charge in [0.1, 0.15) is 11.5 Å². The van der Waals surface area contributed by atoms with E-state index in [1.807, 2.05) is 43.3 Å². The number of halogens is 1. The minimum absolute atomic E-state index is 0.106. The van der Waals surface area contributed by atoms with Gasteiger partial charge in [-0.15, -0.1) is 0 Å². The quantitative estimate of drug-likeness (QED) is 0.670. The molecule has 0 aliphatic carbocycles. The Hall–Kier alpha value is -3.54. The number of hydrogen-bond donors (Lipinski definition) is 1. The van der Waals surface area contributed by atoms with Gasteiger partial charge in [-0.3, -0.25) is 9.59 Å². The molecule has 1 fully saturated rings. The average Bonchev–Trinajstić information content (AvgIpc) is 2.79. The number of nitrogens with one attached hydrogen (secondary N) is 1. The molecule has 0 unspecified atom stereocenters. The van der Waals surface area contributed by atoms with Gasteiger partial charge in [-0.05, 0) is 67.3 Å². The molecule has 3 aromatic rings. The highest BCUT2D eigenvalue weighted by atomic mass is 19.1. The average molecular weight is 417 g/mol. The molecular formula is C25H24FN3O2. The van der Waals surface area contributed by atoms with E-state index in [4.69, 9.17) is 0 Å². The van der Waals surface area contributed by atoms with Crippen molar-refractivity contribution < 1.29 is 14.0 Å². The van der Waals surface area contributed by atoms with Crippen LogP contribution in [-0.4, -0.2) is 34.8 Å². The number of rotatable bonds is 4. The van der Waals surface area contributed by atoms with Gasteiger partial charge in [0.05, 0.1) is 5.92 Å². The molecule has 158 valence electrons. The molecule has 1 aliphatic rings. The molecule has 1 aromatic heterocycles. The summed E-state index contributed by atoms with van der Waals surface area (Å²) in [5.41, 5.74) is 3.64. The lowest BCUT2D eigenvalue weighted by Crippen LogP contribution is -2.44. The van der Waals surface area contributed by atoms with Gasteiger partial charge in [0.15, 0.2) is 0 Å². The molecule has 1 atom stereocenters. The molecule has 1 saturated heterocycles. The van der Waals surface area contributed by atoms with E-state index < -0.39 is 0 Å². The Labute approximate surface area is 180 Å². The number of carbonyl (C=O) groups is 2. The van der Waals surface area contributed by atoms with Gasteiger partial charge >= 0.3 is 0 Å². The lowest BCUT2D eigenvalue weighted by Gasteiger charge is -2.32. The minimum Gasteiger partial charge on any atom is -0.337 e. The third-order valence-corrected chi connectivity index (χ3v) is 5.49.